The van der Waals surface area contributed by atoms with Crippen LogP contribution >= 0.6 is 0 Å². The summed E-state index contributed by atoms with van der Waals surface area (Å²) >= 11 is 0. The Kier molecular flexibility index (Phi) is 1.43. The van der Waals surface area contributed by atoms with E-state index in [2.05, 4.69) is 5.32 Å². The van der Waals surface area contributed by atoms with Gasteiger partial charge < -0.3 is 10.4 Å². The van der Waals surface area contributed by atoms with Crippen molar-refractivity contribution in [2.45, 2.75) is 5.85 Å². The van der Waals surface area contributed by atoms with Gasteiger partial charge in [-0.05, 0) is 17.7 Å². The summed E-state index contributed by atoms with van der Waals surface area (Å²) in [4.78, 5) is 0. The first-order valence-corrected chi connectivity index (χ1v) is 3.75. The second-order valence-electron chi connectivity index (χ2n) is 2.87. The van der Waals surface area contributed by atoms with Crippen LogP contribution in [0.2, 0.25) is 0 Å². The van der Waals surface area contributed by atoms with Crippen LogP contribution in [0.4, 0.5) is 5.69 Å². The van der Waals surface area contributed by atoms with Gasteiger partial charge in [0.05, 0.1) is 0 Å². The number of hydrogen-bond acceptors (Lipinski definition) is 3. The summed E-state index contributed by atoms with van der Waals surface area (Å²) in [6.45, 7) is 0. The van der Waals surface area contributed by atoms with E-state index in [1.54, 1.807) is 6.08 Å². The number of aliphatic hydroxyl groups is 1. The Morgan fingerprint density at radius 2 is 2.08 bits per heavy atom. The predicted molar refractivity (Wildman–Crippen MR) is 48.2 cm³/mol. The normalized spacial score (nSPS) is 26.2. The van der Waals surface area contributed by atoms with Gasteiger partial charge in [-0.2, -0.15) is 0 Å². The molecule has 12 heavy (non-hydrogen) atoms. The van der Waals surface area contributed by atoms with Crippen LogP contribution in [0.15, 0.2) is 30.3 Å². The van der Waals surface area contributed by atoms with Gasteiger partial charge in [0, 0.05) is 5.69 Å². The van der Waals surface area contributed by atoms with E-state index in [0.29, 0.717) is 0 Å². The van der Waals surface area contributed by atoms with Gasteiger partial charge in [-0.1, -0.05) is 24.3 Å². The van der Waals surface area contributed by atoms with E-state index in [0.717, 1.165) is 11.3 Å². The number of nitrogens with one attached hydrogen (secondary N) is 1. The highest BCUT2D eigenvalue weighted by Crippen LogP contribution is 2.23. The number of rotatable bonds is 0. The number of para-hydroxylation sites is 1. The first-order chi connectivity index (χ1) is 5.67. The molecule has 0 aromatic heterocycles. The molecule has 1 heterocycles. The SMILES string of the molecule is NC1(O)C=Cc2ccccc2N1. The number of benzene rings is 1. The van der Waals surface area contributed by atoms with Crippen molar-refractivity contribution in [2.75, 3.05) is 5.32 Å². The molecule has 4 N–H and O–H groups in total. The molecule has 1 aromatic rings. The Morgan fingerprint density at radius 3 is 2.92 bits per heavy atom. The molecule has 0 aliphatic carbocycles. The average Bonchev–Trinajstić information content (AvgIpc) is 2.02. The Bertz CT molecular complexity index is 331. The third kappa shape index (κ3) is 1.20. The quantitative estimate of drug-likeness (QED) is 0.493. The maximum atomic E-state index is 9.40. The van der Waals surface area contributed by atoms with E-state index in [4.69, 9.17) is 5.73 Å². The minimum Gasteiger partial charge on any atom is -0.355 e. The van der Waals surface area contributed by atoms with Gasteiger partial charge in [0.2, 0.25) is 5.85 Å². The fourth-order valence-electron chi connectivity index (χ4n) is 1.23. The summed E-state index contributed by atoms with van der Waals surface area (Å²) in [6, 6.07) is 7.65. The zero-order valence-corrected chi connectivity index (χ0v) is 6.49. The van der Waals surface area contributed by atoms with Crippen molar-refractivity contribution in [1.82, 2.24) is 0 Å². The van der Waals surface area contributed by atoms with Crippen molar-refractivity contribution in [1.29, 1.82) is 0 Å². The van der Waals surface area contributed by atoms with Crippen molar-refractivity contribution in [3.05, 3.63) is 35.9 Å². The average molecular weight is 162 g/mol. The summed E-state index contributed by atoms with van der Waals surface area (Å²) in [5, 5.41) is 12.2. The molecule has 3 nitrogen and oxygen atoms in total. The number of hydrogen-bond donors (Lipinski definition) is 3. The number of fused-ring (bicyclic) bond motifs is 1. The number of nitrogens with two attached hydrogens (primary N) is 1. The molecule has 1 unspecified atom stereocenters. The van der Waals surface area contributed by atoms with Crippen LogP contribution in [0, 0.1) is 0 Å². The smallest absolute Gasteiger partial charge is 0.211 e. The largest absolute Gasteiger partial charge is 0.355 e. The second kappa shape index (κ2) is 2.33. The minimum atomic E-state index is -1.41. The van der Waals surface area contributed by atoms with Crippen LogP contribution in [0.5, 0.6) is 0 Å². The van der Waals surface area contributed by atoms with Crippen molar-refractivity contribution < 1.29 is 5.11 Å². The summed E-state index contributed by atoms with van der Waals surface area (Å²) < 4.78 is 0. The molecule has 0 radical (unpaired) electrons. The van der Waals surface area contributed by atoms with Crippen LogP contribution in [-0.4, -0.2) is 11.0 Å². The molecule has 0 saturated heterocycles. The molecule has 1 aliphatic rings. The monoisotopic (exact) mass is 162 g/mol. The van der Waals surface area contributed by atoms with Crippen molar-refractivity contribution in [3.8, 4) is 0 Å². The van der Waals surface area contributed by atoms with E-state index in [1.165, 1.54) is 6.08 Å². The summed E-state index contributed by atoms with van der Waals surface area (Å²) in [7, 11) is 0. The Balaban J connectivity index is 2.46. The lowest BCUT2D eigenvalue weighted by Gasteiger charge is -2.26. The molecule has 0 spiro atoms. The molecule has 0 bridgehead atoms. The molecule has 0 fully saturated rings. The van der Waals surface area contributed by atoms with E-state index < -0.39 is 5.85 Å². The van der Waals surface area contributed by atoms with Crippen molar-refractivity contribution in [2.24, 2.45) is 5.73 Å². The van der Waals surface area contributed by atoms with Gasteiger partial charge in [-0.25, -0.2) is 0 Å². The first kappa shape index (κ1) is 7.34. The topological polar surface area (TPSA) is 58.3 Å². The third-order valence-corrected chi connectivity index (χ3v) is 1.81. The van der Waals surface area contributed by atoms with Gasteiger partial charge in [0.15, 0.2) is 0 Å². The van der Waals surface area contributed by atoms with Crippen LogP contribution in [0.1, 0.15) is 5.56 Å². The zero-order valence-electron chi connectivity index (χ0n) is 6.49. The van der Waals surface area contributed by atoms with Gasteiger partial charge in [0.25, 0.3) is 0 Å². The molecule has 1 aromatic carbocycles. The van der Waals surface area contributed by atoms with Crippen LogP contribution in [-0.2, 0) is 0 Å². The van der Waals surface area contributed by atoms with Gasteiger partial charge >= 0.3 is 0 Å². The first-order valence-electron chi connectivity index (χ1n) is 3.75. The van der Waals surface area contributed by atoms with Gasteiger partial charge in [-0.3, -0.25) is 5.73 Å². The molecule has 1 aliphatic heterocycles. The molecule has 3 heteroatoms. The third-order valence-electron chi connectivity index (χ3n) is 1.81. The summed E-state index contributed by atoms with van der Waals surface area (Å²) in [5.41, 5.74) is 7.34. The Morgan fingerprint density at radius 1 is 1.33 bits per heavy atom. The molecular weight excluding hydrogens is 152 g/mol. The highest BCUT2D eigenvalue weighted by molar-refractivity contribution is 5.71. The second-order valence-corrected chi connectivity index (χ2v) is 2.87. The minimum absolute atomic E-state index is 0.852. The Hall–Kier alpha value is -1.32. The van der Waals surface area contributed by atoms with E-state index in [9.17, 15) is 5.11 Å². The van der Waals surface area contributed by atoms with Gasteiger partial charge in [0.1, 0.15) is 0 Å². The molecule has 2 rings (SSSR count). The lowest BCUT2D eigenvalue weighted by atomic mass is 10.1. The lowest BCUT2D eigenvalue weighted by Crippen LogP contribution is -2.46. The van der Waals surface area contributed by atoms with E-state index in [1.807, 2.05) is 24.3 Å². The lowest BCUT2D eigenvalue weighted by molar-refractivity contribution is 0.129. The standard InChI is InChI=1S/C9H10N2O/c10-9(12)6-5-7-3-1-2-4-8(7)11-9/h1-6,11-12H,10H2. The maximum Gasteiger partial charge on any atom is 0.211 e. The fourth-order valence-corrected chi connectivity index (χ4v) is 1.23. The van der Waals surface area contributed by atoms with E-state index in [-0.39, 0.29) is 0 Å². The molecule has 0 amide bonds. The highest BCUT2D eigenvalue weighted by atomic mass is 16.3. The van der Waals surface area contributed by atoms with E-state index >= 15 is 0 Å². The number of anilines is 1. The molecule has 62 valence electrons. The van der Waals surface area contributed by atoms with Crippen LogP contribution in [0.25, 0.3) is 6.08 Å². The predicted octanol–water partition coefficient (Wildman–Crippen LogP) is 0.730. The van der Waals surface area contributed by atoms with Crippen molar-refractivity contribution >= 4 is 11.8 Å². The zero-order chi connectivity index (χ0) is 8.60. The highest BCUT2D eigenvalue weighted by Gasteiger charge is 2.20. The Labute approximate surface area is 70.5 Å². The molecule has 0 saturated carbocycles. The maximum absolute atomic E-state index is 9.40. The summed E-state index contributed by atoms with van der Waals surface area (Å²) in [6.07, 6.45) is 3.32. The van der Waals surface area contributed by atoms with Crippen LogP contribution in [0.3, 0.4) is 0 Å². The molecule has 1 atom stereocenters. The van der Waals surface area contributed by atoms with Crippen molar-refractivity contribution in [3.63, 3.8) is 0 Å². The summed E-state index contributed by atoms with van der Waals surface area (Å²) in [5.74, 6) is -1.41. The van der Waals surface area contributed by atoms with Crippen LogP contribution < -0.4 is 11.1 Å². The van der Waals surface area contributed by atoms with Gasteiger partial charge in [-0.15, -0.1) is 0 Å². The fraction of sp³-hybridized carbons (Fsp3) is 0.111. The molecular formula is C9H10N2O.